The van der Waals surface area contributed by atoms with Gasteiger partial charge in [-0.1, -0.05) is 48.1 Å². The van der Waals surface area contributed by atoms with Gasteiger partial charge in [0.25, 0.3) is 0 Å². The van der Waals surface area contributed by atoms with Crippen molar-refractivity contribution in [3.8, 4) is 16.3 Å². The van der Waals surface area contributed by atoms with Crippen LogP contribution in [0.2, 0.25) is 0 Å². The predicted molar refractivity (Wildman–Crippen MR) is 123 cm³/mol. The van der Waals surface area contributed by atoms with Crippen molar-refractivity contribution in [2.75, 3.05) is 29.0 Å². The van der Waals surface area contributed by atoms with E-state index in [-0.39, 0.29) is 6.54 Å². The lowest BCUT2D eigenvalue weighted by Crippen LogP contribution is -2.37. The number of rotatable bonds is 9. The van der Waals surface area contributed by atoms with E-state index < -0.39 is 15.9 Å². The van der Waals surface area contributed by atoms with Crippen LogP contribution in [0, 0.1) is 6.92 Å². The van der Waals surface area contributed by atoms with Crippen LogP contribution in [-0.2, 0) is 14.8 Å². The van der Waals surface area contributed by atoms with Crippen molar-refractivity contribution in [3.63, 3.8) is 0 Å². The highest BCUT2D eigenvalue weighted by atomic mass is 32.2. The molecule has 0 spiro atoms. The molecule has 10 heteroatoms. The first-order valence-corrected chi connectivity index (χ1v) is 12.3. The van der Waals surface area contributed by atoms with Crippen LogP contribution in [0.1, 0.15) is 18.9 Å². The molecule has 8 nitrogen and oxygen atoms in total. The minimum absolute atomic E-state index is 0.303. The summed E-state index contributed by atoms with van der Waals surface area (Å²) in [5, 5.41) is 11.7. The minimum atomic E-state index is -3.68. The molecule has 0 saturated heterocycles. The van der Waals surface area contributed by atoms with Crippen LogP contribution in [0.3, 0.4) is 0 Å². The Morgan fingerprint density at radius 2 is 1.77 bits per heavy atom. The van der Waals surface area contributed by atoms with Crippen LogP contribution in [0.15, 0.2) is 48.5 Å². The van der Waals surface area contributed by atoms with Crippen molar-refractivity contribution in [2.24, 2.45) is 0 Å². The third-order valence-electron chi connectivity index (χ3n) is 4.25. The fraction of sp³-hybridized carbons (Fsp3) is 0.286. The first kappa shape index (κ1) is 22.7. The predicted octanol–water partition coefficient (Wildman–Crippen LogP) is 3.71. The molecule has 2 aromatic carbocycles. The first-order chi connectivity index (χ1) is 14.8. The van der Waals surface area contributed by atoms with Crippen molar-refractivity contribution in [2.45, 2.75) is 20.3 Å². The number of hydrogen-bond donors (Lipinski definition) is 1. The van der Waals surface area contributed by atoms with Crippen molar-refractivity contribution in [1.29, 1.82) is 0 Å². The van der Waals surface area contributed by atoms with Crippen molar-refractivity contribution in [3.05, 3.63) is 54.1 Å². The highest BCUT2D eigenvalue weighted by molar-refractivity contribution is 7.92. The van der Waals surface area contributed by atoms with E-state index in [0.29, 0.717) is 28.2 Å². The summed E-state index contributed by atoms with van der Waals surface area (Å²) in [6.07, 6.45) is 1.93. The summed E-state index contributed by atoms with van der Waals surface area (Å²) < 4.78 is 31.1. The summed E-state index contributed by atoms with van der Waals surface area (Å²) >= 11 is 1.22. The van der Waals surface area contributed by atoms with Crippen LogP contribution in [-0.4, -0.2) is 43.9 Å². The lowest BCUT2D eigenvalue weighted by molar-refractivity contribution is -0.114. The molecular weight excluding hydrogens is 436 g/mol. The molecule has 0 fully saturated rings. The van der Waals surface area contributed by atoms with Gasteiger partial charge in [0.2, 0.25) is 21.1 Å². The molecule has 3 aromatic rings. The second-order valence-corrected chi connectivity index (χ2v) is 9.82. The largest absolute Gasteiger partial charge is 0.494 e. The molecule has 3 rings (SSSR count). The van der Waals surface area contributed by atoms with Crippen molar-refractivity contribution < 1.29 is 17.9 Å². The molecule has 0 aliphatic rings. The third kappa shape index (κ3) is 6.25. The maximum atomic E-state index is 12.5. The number of amides is 1. The Morgan fingerprint density at radius 1 is 1.10 bits per heavy atom. The number of hydrogen-bond acceptors (Lipinski definition) is 7. The number of ether oxygens (including phenoxy) is 1. The van der Waals surface area contributed by atoms with Crippen LogP contribution in [0.25, 0.3) is 10.6 Å². The molecular formula is C21H24N4O4S2. The van der Waals surface area contributed by atoms with E-state index in [9.17, 15) is 13.2 Å². The van der Waals surface area contributed by atoms with Gasteiger partial charge in [0, 0.05) is 5.56 Å². The smallest absolute Gasteiger partial charge is 0.246 e. The number of nitrogens with zero attached hydrogens (tertiary/aromatic N) is 3. The second kappa shape index (κ2) is 9.88. The fourth-order valence-corrected chi connectivity index (χ4v) is 4.33. The zero-order valence-electron chi connectivity index (χ0n) is 17.5. The monoisotopic (exact) mass is 460 g/mol. The summed E-state index contributed by atoms with van der Waals surface area (Å²) in [5.41, 5.74) is 2.40. The zero-order chi connectivity index (χ0) is 22.4. The quantitative estimate of drug-likeness (QED) is 0.522. The SMILES string of the molecule is CCCOc1ccc(N(CC(=O)Nc2nnc(-c3ccc(C)cc3)s2)S(C)(=O)=O)cc1. The van der Waals surface area contributed by atoms with Crippen molar-refractivity contribution in [1.82, 2.24) is 10.2 Å². The number of sulfonamides is 1. The number of carbonyl (C=O) groups is 1. The standard InChI is InChI=1S/C21H24N4O4S2/c1-4-13-29-18-11-9-17(10-12-18)25(31(3,27)28)14-19(26)22-21-24-23-20(30-21)16-7-5-15(2)6-8-16/h5-12H,4,13-14H2,1-3H3,(H,22,24,26). The van der Waals surface area contributed by atoms with Crippen molar-refractivity contribution >= 4 is 38.1 Å². The van der Waals surface area contributed by atoms with Gasteiger partial charge in [0.1, 0.15) is 17.3 Å². The average Bonchev–Trinajstić information content (AvgIpc) is 3.19. The van der Waals surface area contributed by atoms with E-state index in [0.717, 1.165) is 28.1 Å². The molecule has 0 aliphatic heterocycles. The summed E-state index contributed by atoms with van der Waals surface area (Å²) in [6.45, 7) is 4.19. The highest BCUT2D eigenvalue weighted by Crippen LogP contribution is 2.27. The summed E-state index contributed by atoms with van der Waals surface area (Å²) in [7, 11) is -3.68. The Balaban J connectivity index is 1.70. The van der Waals surface area contributed by atoms with E-state index in [1.807, 2.05) is 38.1 Å². The highest BCUT2D eigenvalue weighted by Gasteiger charge is 2.22. The fourth-order valence-electron chi connectivity index (χ4n) is 2.70. The lowest BCUT2D eigenvalue weighted by atomic mass is 10.2. The van der Waals surface area contributed by atoms with Crippen LogP contribution in [0.4, 0.5) is 10.8 Å². The molecule has 1 N–H and O–H groups in total. The molecule has 0 radical (unpaired) electrons. The van der Waals surface area contributed by atoms with Crippen LogP contribution in [0.5, 0.6) is 5.75 Å². The third-order valence-corrected chi connectivity index (χ3v) is 6.28. The Hall–Kier alpha value is -2.98. The molecule has 0 atom stereocenters. The van der Waals surface area contributed by atoms with Gasteiger partial charge in [-0.15, -0.1) is 10.2 Å². The van der Waals surface area contributed by atoms with Gasteiger partial charge in [0.15, 0.2) is 0 Å². The minimum Gasteiger partial charge on any atom is -0.494 e. The molecule has 0 bridgehead atoms. The Labute approximate surface area is 185 Å². The average molecular weight is 461 g/mol. The molecule has 0 unspecified atom stereocenters. The molecule has 1 heterocycles. The van der Waals surface area contributed by atoms with Gasteiger partial charge < -0.3 is 4.74 Å². The number of aromatic nitrogens is 2. The zero-order valence-corrected chi connectivity index (χ0v) is 19.2. The van der Waals surface area contributed by atoms with E-state index in [2.05, 4.69) is 15.5 Å². The molecule has 164 valence electrons. The van der Waals surface area contributed by atoms with Gasteiger partial charge in [-0.25, -0.2) is 8.42 Å². The first-order valence-electron chi connectivity index (χ1n) is 9.67. The number of carbonyl (C=O) groups excluding carboxylic acids is 1. The Kier molecular flexibility index (Phi) is 7.24. The lowest BCUT2D eigenvalue weighted by Gasteiger charge is -2.21. The summed E-state index contributed by atoms with van der Waals surface area (Å²) in [5.74, 6) is 0.129. The second-order valence-electron chi connectivity index (χ2n) is 6.94. The maximum Gasteiger partial charge on any atom is 0.246 e. The van der Waals surface area contributed by atoms with Crippen LogP contribution >= 0.6 is 11.3 Å². The van der Waals surface area contributed by atoms with Gasteiger partial charge in [-0.2, -0.15) is 0 Å². The Bertz CT molecular complexity index is 1130. The Morgan fingerprint density at radius 3 is 2.39 bits per heavy atom. The molecule has 0 aliphatic carbocycles. The van der Waals surface area contributed by atoms with Gasteiger partial charge in [-0.3, -0.25) is 14.4 Å². The molecule has 31 heavy (non-hydrogen) atoms. The van der Waals surface area contributed by atoms with Gasteiger partial charge in [-0.05, 0) is 37.6 Å². The van der Waals surface area contributed by atoms with E-state index in [4.69, 9.17) is 4.74 Å². The van der Waals surface area contributed by atoms with Gasteiger partial charge >= 0.3 is 0 Å². The van der Waals surface area contributed by atoms with E-state index >= 15 is 0 Å². The number of aryl methyl sites for hydroxylation is 1. The summed E-state index contributed by atoms with van der Waals surface area (Å²) in [4.78, 5) is 12.5. The van der Waals surface area contributed by atoms with E-state index in [1.165, 1.54) is 11.3 Å². The number of nitrogens with one attached hydrogen (secondary N) is 1. The molecule has 0 saturated carbocycles. The van der Waals surface area contributed by atoms with E-state index in [1.54, 1.807) is 24.3 Å². The topological polar surface area (TPSA) is 101 Å². The molecule has 1 aromatic heterocycles. The van der Waals surface area contributed by atoms with Gasteiger partial charge in [0.05, 0.1) is 18.6 Å². The normalized spacial score (nSPS) is 11.2. The molecule has 1 amide bonds. The maximum absolute atomic E-state index is 12.5. The number of benzene rings is 2. The van der Waals surface area contributed by atoms with Crippen LogP contribution < -0.4 is 14.4 Å². The summed E-state index contributed by atoms with van der Waals surface area (Å²) in [6, 6.07) is 14.4. The number of anilines is 2.